The molecule has 1 aliphatic rings. The first-order valence-corrected chi connectivity index (χ1v) is 10.6. The average Bonchev–Trinajstić information content (AvgIpc) is 3.10. The van der Waals surface area contributed by atoms with E-state index in [-0.39, 0.29) is 5.91 Å². The van der Waals surface area contributed by atoms with E-state index in [2.05, 4.69) is 44.4 Å². The lowest BCUT2D eigenvalue weighted by molar-refractivity contribution is 0.0947. The second-order valence-electron chi connectivity index (χ2n) is 8.07. The van der Waals surface area contributed by atoms with Gasteiger partial charge in [0.05, 0.1) is 17.0 Å². The van der Waals surface area contributed by atoms with Crippen LogP contribution in [0.5, 0.6) is 0 Å². The Morgan fingerprint density at radius 1 is 1.10 bits per heavy atom. The van der Waals surface area contributed by atoms with Gasteiger partial charge in [0.25, 0.3) is 5.91 Å². The van der Waals surface area contributed by atoms with E-state index < -0.39 is 0 Å². The topological polar surface area (TPSA) is 65.8 Å². The second kappa shape index (κ2) is 8.93. The number of likely N-dealkylation sites (N-methyl/N-ethyl adjacent to an activating group) is 1. The fraction of sp³-hybridized carbons (Fsp3) is 0.435. The molecule has 1 saturated heterocycles. The predicted octanol–water partition coefficient (Wildman–Crippen LogP) is 2.38. The van der Waals surface area contributed by atoms with Crippen molar-refractivity contribution in [3.8, 4) is 11.1 Å². The molecule has 0 aliphatic carbocycles. The molecule has 3 aromatic rings. The molecule has 1 N–H and O–H groups in total. The summed E-state index contributed by atoms with van der Waals surface area (Å²) < 4.78 is 1.79. The van der Waals surface area contributed by atoms with E-state index in [4.69, 9.17) is 0 Å². The third-order valence-corrected chi connectivity index (χ3v) is 5.90. The van der Waals surface area contributed by atoms with Crippen LogP contribution < -0.4 is 5.32 Å². The number of carbonyl (C=O) groups is 1. The van der Waals surface area contributed by atoms with Crippen LogP contribution in [0.3, 0.4) is 0 Å². The maximum absolute atomic E-state index is 12.8. The van der Waals surface area contributed by atoms with E-state index in [0.29, 0.717) is 12.1 Å². The molecule has 0 atom stereocenters. The first-order chi connectivity index (χ1) is 14.5. The van der Waals surface area contributed by atoms with Crippen molar-refractivity contribution in [3.63, 3.8) is 0 Å². The zero-order chi connectivity index (χ0) is 21.1. The average molecular weight is 407 g/mol. The lowest BCUT2D eigenvalue weighted by atomic mass is 10.1. The van der Waals surface area contributed by atoms with Gasteiger partial charge in [-0.25, -0.2) is 9.50 Å². The maximum atomic E-state index is 12.8. The molecule has 0 radical (unpaired) electrons. The lowest BCUT2D eigenvalue weighted by Gasteiger charge is -2.32. The van der Waals surface area contributed by atoms with Crippen LogP contribution in [0.15, 0.2) is 36.5 Å². The number of hydrogen-bond acceptors (Lipinski definition) is 5. The van der Waals surface area contributed by atoms with Gasteiger partial charge >= 0.3 is 0 Å². The number of piperazine rings is 1. The summed E-state index contributed by atoms with van der Waals surface area (Å²) in [6.45, 7) is 10.0. The minimum absolute atomic E-state index is 0.0882. The van der Waals surface area contributed by atoms with Crippen LogP contribution >= 0.6 is 0 Å². The summed E-state index contributed by atoms with van der Waals surface area (Å²) in [4.78, 5) is 22.2. The van der Waals surface area contributed by atoms with Crippen molar-refractivity contribution in [2.45, 2.75) is 20.3 Å². The number of rotatable bonds is 6. The van der Waals surface area contributed by atoms with Gasteiger partial charge in [-0.2, -0.15) is 5.10 Å². The van der Waals surface area contributed by atoms with E-state index in [1.54, 1.807) is 10.7 Å². The Labute approximate surface area is 177 Å². The van der Waals surface area contributed by atoms with Gasteiger partial charge in [0.1, 0.15) is 0 Å². The quantitative estimate of drug-likeness (QED) is 0.637. The largest absolute Gasteiger partial charge is 0.352 e. The molecule has 158 valence electrons. The highest BCUT2D eigenvalue weighted by atomic mass is 16.1. The zero-order valence-corrected chi connectivity index (χ0v) is 18.1. The summed E-state index contributed by atoms with van der Waals surface area (Å²) in [5.74, 6) is -0.0882. The molecule has 2 aromatic heterocycles. The summed E-state index contributed by atoms with van der Waals surface area (Å²) in [7, 11) is 2.16. The first kappa shape index (κ1) is 20.5. The predicted molar refractivity (Wildman–Crippen MR) is 119 cm³/mol. The van der Waals surface area contributed by atoms with Gasteiger partial charge in [-0.15, -0.1) is 0 Å². The summed E-state index contributed by atoms with van der Waals surface area (Å²) >= 11 is 0. The van der Waals surface area contributed by atoms with Crippen molar-refractivity contribution in [2.75, 3.05) is 46.3 Å². The standard InChI is InChI=1S/C23H30N6O/c1-17-21(19-8-5-4-6-9-19)22-25-16-20(18(2)29(22)26-17)23(30)24-10-7-11-28-14-12-27(3)13-15-28/h4-6,8-9,16H,7,10-15H2,1-3H3,(H,24,30). The molecule has 3 heterocycles. The maximum Gasteiger partial charge on any atom is 0.254 e. The molecule has 7 nitrogen and oxygen atoms in total. The molecule has 7 heteroatoms. The SMILES string of the molecule is Cc1nn2c(C)c(C(=O)NCCCN3CCN(C)CC3)cnc2c1-c1ccccc1. The van der Waals surface area contributed by atoms with Gasteiger partial charge in [0, 0.05) is 44.5 Å². The smallest absolute Gasteiger partial charge is 0.254 e. The monoisotopic (exact) mass is 406 g/mol. The third kappa shape index (κ3) is 4.22. The van der Waals surface area contributed by atoms with Crippen LogP contribution in [-0.2, 0) is 0 Å². The number of benzene rings is 1. The highest BCUT2D eigenvalue weighted by Crippen LogP contribution is 2.27. The molecule has 4 rings (SSSR count). The number of aryl methyl sites for hydroxylation is 2. The van der Waals surface area contributed by atoms with Gasteiger partial charge in [-0.1, -0.05) is 30.3 Å². The van der Waals surface area contributed by atoms with Crippen molar-refractivity contribution < 1.29 is 4.79 Å². The van der Waals surface area contributed by atoms with Crippen molar-refractivity contribution >= 4 is 11.6 Å². The molecule has 1 aliphatic heterocycles. The summed E-state index contributed by atoms with van der Waals surface area (Å²) in [6, 6.07) is 10.1. The molecule has 0 unspecified atom stereocenters. The minimum atomic E-state index is -0.0882. The van der Waals surface area contributed by atoms with Crippen LogP contribution in [-0.4, -0.2) is 76.6 Å². The normalized spacial score (nSPS) is 15.6. The van der Waals surface area contributed by atoms with E-state index in [1.165, 1.54) is 0 Å². The number of nitrogens with one attached hydrogen (secondary N) is 1. The van der Waals surface area contributed by atoms with Gasteiger partial charge in [-0.05, 0) is 39.4 Å². The minimum Gasteiger partial charge on any atom is -0.352 e. The Balaban J connectivity index is 1.43. The highest BCUT2D eigenvalue weighted by molar-refractivity contribution is 5.95. The number of aromatic nitrogens is 3. The Hall–Kier alpha value is -2.77. The van der Waals surface area contributed by atoms with Gasteiger partial charge < -0.3 is 15.1 Å². The van der Waals surface area contributed by atoms with Crippen molar-refractivity contribution in [3.05, 3.63) is 53.5 Å². The molecule has 0 saturated carbocycles. The number of amides is 1. The molecule has 1 fully saturated rings. The van der Waals surface area contributed by atoms with Crippen molar-refractivity contribution in [1.82, 2.24) is 29.7 Å². The number of nitrogens with zero attached hydrogens (tertiary/aromatic N) is 5. The van der Waals surface area contributed by atoms with E-state index in [0.717, 1.165) is 67.3 Å². The van der Waals surface area contributed by atoms with E-state index in [9.17, 15) is 4.79 Å². The van der Waals surface area contributed by atoms with Crippen LogP contribution in [0.2, 0.25) is 0 Å². The molecule has 0 spiro atoms. The molecule has 0 bridgehead atoms. The van der Waals surface area contributed by atoms with Gasteiger partial charge in [0.2, 0.25) is 0 Å². The van der Waals surface area contributed by atoms with E-state index >= 15 is 0 Å². The Morgan fingerprint density at radius 3 is 2.57 bits per heavy atom. The second-order valence-corrected chi connectivity index (χ2v) is 8.07. The summed E-state index contributed by atoms with van der Waals surface area (Å²) in [5, 5.41) is 7.71. The number of hydrogen-bond donors (Lipinski definition) is 1. The number of carbonyl (C=O) groups excluding carboxylic acids is 1. The molecular weight excluding hydrogens is 376 g/mol. The molecule has 30 heavy (non-hydrogen) atoms. The third-order valence-electron chi connectivity index (χ3n) is 5.90. The Kier molecular flexibility index (Phi) is 6.11. The van der Waals surface area contributed by atoms with Gasteiger partial charge in [-0.3, -0.25) is 4.79 Å². The van der Waals surface area contributed by atoms with Crippen molar-refractivity contribution in [1.29, 1.82) is 0 Å². The Bertz CT molecular complexity index is 1020. The van der Waals surface area contributed by atoms with Crippen LogP contribution in [0.25, 0.3) is 16.8 Å². The van der Waals surface area contributed by atoms with E-state index in [1.807, 2.05) is 32.0 Å². The fourth-order valence-corrected chi connectivity index (χ4v) is 4.04. The highest BCUT2D eigenvalue weighted by Gasteiger charge is 2.19. The summed E-state index contributed by atoms with van der Waals surface area (Å²) in [6.07, 6.45) is 2.62. The molecule has 1 amide bonds. The first-order valence-electron chi connectivity index (χ1n) is 10.6. The van der Waals surface area contributed by atoms with Crippen molar-refractivity contribution in [2.24, 2.45) is 0 Å². The van der Waals surface area contributed by atoms with Gasteiger partial charge in [0.15, 0.2) is 5.65 Å². The Morgan fingerprint density at radius 2 is 1.83 bits per heavy atom. The molecule has 1 aromatic carbocycles. The van der Waals surface area contributed by atoms with Crippen LogP contribution in [0.1, 0.15) is 28.2 Å². The summed E-state index contributed by atoms with van der Waals surface area (Å²) in [5.41, 5.74) is 5.16. The van der Waals surface area contributed by atoms with Crippen LogP contribution in [0, 0.1) is 13.8 Å². The molecular formula is C23H30N6O. The zero-order valence-electron chi connectivity index (χ0n) is 18.1. The van der Waals surface area contributed by atoms with Crippen LogP contribution in [0.4, 0.5) is 0 Å². The fourth-order valence-electron chi connectivity index (χ4n) is 4.04. The lowest BCUT2D eigenvalue weighted by Crippen LogP contribution is -2.45. The number of fused-ring (bicyclic) bond motifs is 1.